The third kappa shape index (κ3) is 5.61. The van der Waals surface area contributed by atoms with Crippen LogP contribution in [0.4, 0.5) is 5.69 Å². The summed E-state index contributed by atoms with van der Waals surface area (Å²) in [6.07, 6.45) is 0.164. The first kappa shape index (κ1) is 24.1. The molecule has 4 atom stereocenters. The van der Waals surface area contributed by atoms with E-state index in [4.69, 9.17) is 29.7 Å². The molecule has 14 heteroatoms. The van der Waals surface area contributed by atoms with Gasteiger partial charge in [0.2, 0.25) is 0 Å². The van der Waals surface area contributed by atoms with Gasteiger partial charge in [0.1, 0.15) is 17.7 Å². The quantitative estimate of drug-likeness (QED) is 0.431. The minimum atomic E-state index is -4.71. The van der Waals surface area contributed by atoms with E-state index >= 15 is 0 Å². The molecule has 0 amide bonds. The highest BCUT2D eigenvalue weighted by Crippen LogP contribution is 2.39. The van der Waals surface area contributed by atoms with Gasteiger partial charge in [-0.05, 0) is 26.3 Å². The third-order valence-corrected chi connectivity index (χ3v) is 8.61. The van der Waals surface area contributed by atoms with Gasteiger partial charge in [-0.1, -0.05) is 0 Å². The summed E-state index contributed by atoms with van der Waals surface area (Å²) < 4.78 is 54.8. The predicted molar refractivity (Wildman–Crippen MR) is 112 cm³/mol. The van der Waals surface area contributed by atoms with E-state index in [1.807, 2.05) is 13.8 Å². The normalized spacial score (nSPS) is 25.0. The van der Waals surface area contributed by atoms with Crippen molar-refractivity contribution in [3.05, 3.63) is 18.6 Å². The molecule has 3 rings (SSSR count). The SMILES string of the molecule is CO[C@@H]1[C@H](OC(C)C)C(CCS(=O)(=O)CP(=O)(O)O)O[C@H]1n1cnc2c(N)ccnc21. The Bertz CT molecular complexity index is 1070. The zero-order valence-electron chi connectivity index (χ0n) is 17.4. The summed E-state index contributed by atoms with van der Waals surface area (Å²) in [5.74, 6) is -0.472. The van der Waals surface area contributed by atoms with Crippen molar-refractivity contribution in [2.24, 2.45) is 0 Å². The van der Waals surface area contributed by atoms with Crippen molar-refractivity contribution in [1.82, 2.24) is 14.5 Å². The molecule has 0 saturated carbocycles. The average Bonchev–Trinajstić information content (AvgIpc) is 3.19. The number of nitrogens with two attached hydrogens (primary N) is 1. The Labute approximate surface area is 179 Å². The molecule has 2 aromatic rings. The zero-order chi connectivity index (χ0) is 23.0. The molecule has 0 bridgehead atoms. The Kier molecular flexibility index (Phi) is 7.06. The maximum absolute atomic E-state index is 12.1. The lowest BCUT2D eigenvalue weighted by Gasteiger charge is -2.25. The fraction of sp³-hybridized carbons (Fsp3) is 0.647. The Hall–Kier alpha value is -1.60. The fourth-order valence-electron chi connectivity index (χ4n) is 3.65. The van der Waals surface area contributed by atoms with Crippen LogP contribution in [0, 0.1) is 0 Å². The Morgan fingerprint density at radius 1 is 1.32 bits per heavy atom. The number of fused-ring (bicyclic) bond motifs is 1. The van der Waals surface area contributed by atoms with Gasteiger partial charge in [-0.25, -0.2) is 18.4 Å². The summed E-state index contributed by atoms with van der Waals surface area (Å²) in [7, 11) is -7.22. The van der Waals surface area contributed by atoms with Crippen molar-refractivity contribution in [3.8, 4) is 0 Å². The first-order valence-corrected chi connectivity index (χ1v) is 13.2. The molecule has 0 aromatic carbocycles. The molecule has 174 valence electrons. The van der Waals surface area contributed by atoms with Crippen LogP contribution in [0.2, 0.25) is 0 Å². The highest BCUT2D eigenvalue weighted by molar-refractivity contribution is 7.97. The first-order valence-electron chi connectivity index (χ1n) is 9.57. The largest absolute Gasteiger partial charge is 0.397 e. The van der Waals surface area contributed by atoms with Crippen molar-refractivity contribution in [3.63, 3.8) is 0 Å². The van der Waals surface area contributed by atoms with Crippen LogP contribution in [0.3, 0.4) is 0 Å². The molecule has 31 heavy (non-hydrogen) atoms. The van der Waals surface area contributed by atoms with Crippen LogP contribution in [0.1, 0.15) is 26.5 Å². The molecular formula is C17H27N4O8PS. The lowest BCUT2D eigenvalue weighted by molar-refractivity contribution is -0.0785. The van der Waals surface area contributed by atoms with E-state index in [2.05, 4.69) is 9.97 Å². The average molecular weight is 478 g/mol. The molecule has 1 saturated heterocycles. The Morgan fingerprint density at radius 2 is 2.03 bits per heavy atom. The van der Waals surface area contributed by atoms with E-state index in [1.54, 1.807) is 16.8 Å². The lowest BCUT2D eigenvalue weighted by atomic mass is 10.1. The van der Waals surface area contributed by atoms with Gasteiger partial charge < -0.3 is 29.7 Å². The van der Waals surface area contributed by atoms with Gasteiger partial charge in [-0.2, -0.15) is 0 Å². The van der Waals surface area contributed by atoms with Gasteiger partial charge >= 0.3 is 7.60 Å². The third-order valence-electron chi connectivity index (χ3n) is 4.83. The number of ether oxygens (including phenoxy) is 3. The second-order valence-corrected chi connectivity index (χ2v) is 11.9. The fourth-order valence-corrected chi connectivity index (χ4v) is 6.81. The topological polar surface area (TPSA) is 176 Å². The van der Waals surface area contributed by atoms with Crippen LogP contribution in [-0.4, -0.2) is 75.5 Å². The van der Waals surface area contributed by atoms with Crippen LogP contribution in [0.15, 0.2) is 18.6 Å². The van der Waals surface area contributed by atoms with Crippen molar-refractivity contribution in [2.45, 2.75) is 50.9 Å². The second kappa shape index (κ2) is 9.10. The van der Waals surface area contributed by atoms with Crippen LogP contribution >= 0.6 is 7.60 Å². The summed E-state index contributed by atoms with van der Waals surface area (Å²) in [5, 5.41) is 0. The number of hydrogen-bond acceptors (Lipinski definition) is 9. The van der Waals surface area contributed by atoms with E-state index in [1.165, 1.54) is 13.4 Å². The van der Waals surface area contributed by atoms with Crippen molar-refractivity contribution in [1.29, 1.82) is 0 Å². The van der Waals surface area contributed by atoms with E-state index < -0.39 is 53.2 Å². The van der Waals surface area contributed by atoms with Gasteiger partial charge in [-0.3, -0.25) is 9.13 Å². The first-order chi connectivity index (χ1) is 14.4. The van der Waals surface area contributed by atoms with E-state index in [-0.39, 0.29) is 12.5 Å². The standard InChI is InChI=1S/C17H27N4O8PS/c1-10(2)28-14-12(5-7-31(25,26)9-30(22,23)24)29-17(15(14)27-3)21-8-20-13-11(18)4-6-19-16(13)21/h4,6,8,10,12,14-15,17H,5,7,9H2,1-3H3,(H2,18,19)(H2,22,23,24)/t12?,14-,15-,17-/m1/s1. The maximum Gasteiger partial charge on any atom is 0.340 e. The molecular weight excluding hydrogens is 451 g/mol. The van der Waals surface area contributed by atoms with Gasteiger partial charge in [0.25, 0.3) is 0 Å². The molecule has 12 nitrogen and oxygen atoms in total. The highest BCUT2D eigenvalue weighted by Gasteiger charge is 2.48. The Balaban J connectivity index is 1.88. The summed E-state index contributed by atoms with van der Waals surface area (Å²) in [5.41, 5.74) is 6.17. The number of nitrogens with zero attached hydrogens (tertiary/aromatic N) is 3. The highest BCUT2D eigenvalue weighted by atomic mass is 32.2. The monoisotopic (exact) mass is 478 g/mol. The minimum absolute atomic E-state index is 0.0295. The van der Waals surface area contributed by atoms with E-state index in [0.29, 0.717) is 16.9 Å². The lowest BCUT2D eigenvalue weighted by Crippen LogP contribution is -2.38. The summed E-state index contributed by atoms with van der Waals surface area (Å²) in [6, 6.07) is 1.63. The molecule has 3 heterocycles. The molecule has 1 fully saturated rings. The Morgan fingerprint density at radius 3 is 2.65 bits per heavy atom. The number of pyridine rings is 1. The van der Waals surface area contributed by atoms with Crippen LogP contribution in [0.5, 0.6) is 0 Å². The van der Waals surface area contributed by atoms with Crippen molar-refractivity contribution >= 4 is 34.3 Å². The molecule has 1 unspecified atom stereocenters. The summed E-state index contributed by atoms with van der Waals surface area (Å²) in [6.45, 7) is 3.66. The number of sulfone groups is 1. The van der Waals surface area contributed by atoms with Crippen molar-refractivity contribution in [2.75, 3.05) is 24.1 Å². The van der Waals surface area contributed by atoms with Gasteiger partial charge in [-0.15, -0.1) is 0 Å². The van der Waals surface area contributed by atoms with Gasteiger partial charge in [0.15, 0.2) is 27.2 Å². The van der Waals surface area contributed by atoms with E-state index in [0.717, 1.165) is 0 Å². The molecule has 0 aliphatic carbocycles. The molecule has 0 radical (unpaired) electrons. The molecule has 1 aliphatic rings. The zero-order valence-corrected chi connectivity index (χ0v) is 19.1. The van der Waals surface area contributed by atoms with Gasteiger partial charge in [0.05, 0.1) is 30.0 Å². The minimum Gasteiger partial charge on any atom is -0.397 e. The number of imidazole rings is 1. The van der Waals surface area contributed by atoms with Crippen LogP contribution < -0.4 is 5.73 Å². The van der Waals surface area contributed by atoms with Crippen molar-refractivity contribution < 1.29 is 37.0 Å². The molecule has 0 spiro atoms. The summed E-state index contributed by atoms with van der Waals surface area (Å²) in [4.78, 5) is 26.6. The smallest absolute Gasteiger partial charge is 0.340 e. The predicted octanol–water partition coefficient (Wildman–Crippen LogP) is 0.660. The van der Waals surface area contributed by atoms with Crippen LogP contribution in [-0.2, 0) is 28.6 Å². The number of anilines is 1. The van der Waals surface area contributed by atoms with Crippen LogP contribution in [0.25, 0.3) is 11.2 Å². The van der Waals surface area contributed by atoms with E-state index in [9.17, 15) is 13.0 Å². The number of methoxy groups -OCH3 is 1. The van der Waals surface area contributed by atoms with Gasteiger partial charge in [0, 0.05) is 13.3 Å². The number of nitrogen functional groups attached to an aromatic ring is 1. The maximum atomic E-state index is 12.1. The molecule has 1 aliphatic heterocycles. The summed E-state index contributed by atoms with van der Waals surface area (Å²) >= 11 is 0. The molecule has 2 aromatic heterocycles. The number of aromatic nitrogens is 3. The number of rotatable bonds is 9. The second-order valence-electron chi connectivity index (χ2n) is 7.67. The molecule has 4 N–H and O–H groups in total. The number of hydrogen-bond donors (Lipinski definition) is 3.